The van der Waals surface area contributed by atoms with Crippen LogP contribution in [0.5, 0.6) is 0 Å². The predicted molar refractivity (Wildman–Crippen MR) is 68.1 cm³/mol. The molecule has 0 unspecified atom stereocenters. The summed E-state index contributed by atoms with van der Waals surface area (Å²) in [7, 11) is 0. The second-order valence-corrected chi connectivity index (χ2v) is 5.04. The highest BCUT2D eigenvalue weighted by Gasteiger charge is 2.26. The first-order chi connectivity index (χ1) is 8.61. The summed E-state index contributed by atoms with van der Waals surface area (Å²) in [6.45, 7) is 3.64. The SMILES string of the molecule is C[C@H]1CO[C@H](CO)CN1Cc1cccc(Cl)c1F. The Morgan fingerprint density at radius 1 is 1.56 bits per heavy atom. The summed E-state index contributed by atoms with van der Waals surface area (Å²) in [6, 6.07) is 5.22. The van der Waals surface area contributed by atoms with Gasteiger partial charge in [-0.2, -0.15) is 0 Å². The van der Waals surface area contributed by atoms with Gasteiger partial charge in [-0.3, -0.25) is 4.90 Å². The Morgan fingerprint density at radius 2 is 2.33 bits per heavy atom. The van der Waals surface area contributed by atoms with Gasteiger partial charge < -0.3 is 9.84 Å². The topological polar surface area (TPSA) is 32.7 Å². The molecular weight excluding hydrogens is 257 g/mol. The van der Waals surface area contributed by atoms with Crippen molar-refractivity contribution < 1.29 is 14.2 Å². The Kier molecular flexibility index (Phi) is 4.56. The van der Waals surface area contributed by atoms with E-state index in [4.69, 9.17) is 21.4 Å². The lowest BCUT2D eigenvalue weighted by atomic mass is 10.1. The summed E-state index contributed by atoms with van der Waals surface area (Å²) in [6.07, 6.45) is -0.191. The number of aliphatic hydroxyl groups excluding tert-OH is 1. The Morgan fingerprint density at radius 3 is 3.06 bits per heavy atom. The molecule has 0 bridgehead atoms. The van der Waals surface area contributed by atoms with E-state index in [0.717, 1.165) is 0 Å². The predicted octanol–water partition coefficient (Wildman–Crippen LogP) is 2.06. The van der Waals surface area contributed by atoms with Crippen molar-refractivity contribution in [3.63, 3.8) is 0 Å². The maximum atomic E-state index is 13.8. The minimum absolute atomic E-state index is 0.0127. The van der Waals surface area contributed by atoms with Crippen molar-refractivity contribution in [1.29, 1.82) is 0 Å². The lowest BCUT2D eigenvalue weighted by Gasteiger charge is -2.37. The van der Waals surface area contributed by atoms with Gasteiger partial charge in [-0.1, -0.05) is 23.7 Å². The lowest BCUT2D eigenvalue weighted by molar-refractivity contribution is -0.0807. The van der Waals surface area contributed by atoms with Gasteiger partial charge in [-0.15, -0.1) is 0 Å². The van der Waals surface area contributed by atoms with E-state index in [1.807, 2.05) is 6.92 Å². The Balaban J connectivity index is 2.09. The molecule has 0 spiro atoms. The summed E-state index contributed by atoms with van der Waals surface area (Å²) in [5.41, 5.74) is 0.577. The zero-order valence-corrected chi connectivity index (χ0v) is 11.0. The van der Waals surface area contributed by atoms with Crippen LogP contribution in [0.2, 0.25) is 5.02 Å². The van der Waals surface area contributed by atoms with Crippen LogP contribution in [0.4, 0.5) is 4.39 Å². The molecule has 18 heavy (non-hydrogen) atoms. The van der Waals surface area contributed by atoms with Gasteiger partial charge in [0.25, 0.3) is 0 Å². The summed E-state index contributed by atoms with van der Waals surface area (Å²) in [5, 5.41) is 9.26. The van der Waals surface area contributed by atoms with E-state index in [9.17, 15) is 4.39 Å². The second-order valence-electron chi connectivity index (χ2n) is 4.63. The minimum atomic E-state index is -0.363. The van der Waals surface area contributed by atoms with Gasteiger partial charge in [0.1, 0.15) is 5.82 Å². The molecule has 3 nitrogen and oxygen atoms in total. The third-order valence-corrected chi connectivity index (χ3v) is 3.54. The number of halogens is 2. The molecule has 1 saturated heterocycles. The highest BCUT2D eigenvalue weighted by Crippen LogP contribution is 2.21. The van der Waals surface area contributed by atoms with Crippen molar-refractivity contribution in [3.8, 4) is 0 Å². The highest BCUT2D eigenvalue weighted by molar-refractivity contribution is 6.30. The fraction of sp³-hybridized carbons (Fsp3) is 0.538. The number of benzene rings is 1. The van der Waals surface area contributed by atoms with Crippen molar-refractivity contribution in [3.05, 3.63) is 34.6 Å². The summed E-state index contributed by atoms with van der Waals surface area (Å²) < 4.78 is 19.3. The molecule has 0 amide bonds. The van der Waals surface area contributed by atoms with Crippen LogP contribution in [-0.4, -0.2) is 41.9 Å². The molecule has 100 valence electrons. The second kappa shape index (κ2) is 5.97. The quantitative estimate of drug-likeness (QED) is 0.915. The first-order valence-electron chi connectivity index (χ1n) is 6.01. The number of aliphatic hydroxyl groups is 1. The first-order valence-corrected chi connectivity index (χ1v) is 6.39. The normalized spacial score (nSPS) is 25.3. The third kappa shape index (κ3) is 3.01. The van der Waals surface area contributed by atoms with E-state index in [1.54, 1.807) is 18.2 Å². The van der Waals surface area contributed by atoms with Gasteiger partial charge in [-0.25, -0.2) is 4.39 Å². The summed E-state index contributed by atoms with van der Waals surface area (Å²) in [4.78, 5) is 2.10. The van der Waals surface area contributed by atoms with Gasteiger partial charge >= 0.3 is 0 Å². The van der Waals surface area contributed by atoms with Crippen LogP contribution in [0.15, 0.2) is 18.2 Å². The standard InChI is InChI=1S/C13H17ClFNO2/c1-9-8-18-11(7-17)6-16(9)5-10-3-2-4-12(14)13(10)15/h2-4,9,11,17H,5-8H2,1H3/t9-,11-/m0/s1. The van der Waals surface area contributed by atoms with E-state index >= 15 is 0 Å². The molecule has 2 rings (SSSR count). The number of hydrogen-bond donors (Lipinski definition) is 1. The Hall–Kier alpha value is -0.680. The lowest BCUT2D eigenvalue weighted by Crippen LogP contribution is -2.48. The number of morpholine rings is 1. The molecular formula is C13H17ClFNO2. The molecule has 1 aromatic carbocycles. The van der Waals surface area contributed by atoms with Crippen molar-refractivity contribution in [2.45, 2.75) is 25.6 Å². The van der Waals surface area contributed by atoms with Crippen LogP contribution >= 0.6 is 11.6 Å². The average Bonchev–Trinajstić information content (AvgIpc) is 2.37. The molecule has 5 heteroatoms. The van der Waals surface area contributed by atoms with Gasteiger partial charge in [0.05, 0.1) is 24.3 Å². The third-order valence-electron chi connectivity index (χ3n) is 3.24. The van der Waals surface area contributed by atoms with Crippen LogP contribution in [-0.2, 0) is 11.3 Å². The van der Waals surface area contributed by atoms with E-state index in [0.29, 0.717) is 25.3 Å². The summed E-state index contributed by atoms with van der Waals surface area (Å²) in [5.74, 6) is -0.363. The molecule has 1 fully saturated rings. The molecule has 0 aliphatic carbocycles. The highest BCUT2D eigenvalue weighted by atomic mass is 35.5. The zero-order valence-electron chi connectivity index (χ0n) is 10.3. The number of nitrogens with zero attached hydrogens (tertiary/aromatic N) is 1. The van der Waals surface area contributed by atoms with Gasteiger partial charge in [0.2, 0.25) is 0 Å². The first kappa shape index (κ1) is 13.7. The van der Waals surface area contributed by atoms with Crippen molar-refractivity contribution in [1.82, 2.24) is 4.90 Å². The molecule has 0 radical (unpaired) electrons. The smallest absolute Gasteiger partial charge is 0.146 e. The molecule has 1 aromatic rings. The number of ether oxygens (including phenoxy) is 1. The molecule has 1 aliphatic rings. The van der Waals surface area contributed by atoms with E-state index in [1.165, 1.54) is 0 Å². The van der Waals surface area contributed by atoms with Crippen molar-refractivity contribution in [2.75, 3.05) is 19.8 Å². The minimum Gasteiger partial charge on any atom is -0.394 e. The monoisotopic (exact) mass is 273 g/mol. The summed E-state index contributed by atoms with van der Waals surface area (Å²) >= 11 is 5.77. The molecule has 1 N–H and O–H groups in total. The Bertz CT molecular complexity index is 416. The van der Waals surface area contributed by atoms with E-state index in [-0.39, 0.29) is 29.6 Å². The molecule has 1 aliphatic heterocycles. The zero-order chi connectivity index (χ0) is 13.1. The molecule has 1 heterocycles. The largest absolute Gasteiger partial charge is 0.394 e. The maximum Gasteiger partial charge on any atom is 0.146 e. The van der Waals surface area contributed by atoms with Gasteiger partial charge in [0, 0.05) is 24.7 Å². The fourth-order valence-corrected chi connectivity index (χ4v) is 2.29. The van der Waals surface area contributed by atoms with Crippen LogP contribution in [0, 0.1) is 5.82 Å². The maximum absolute atomic E-state index is 13.8. The van der Waals surface area contributed by atoms with Crippen molar-refractivity contribution >= 4 is 11.6 Å². The van der Waals surface area contributed by atoms with Crippen LogP contribution in [0.25, 0.3) is 0 Å². The number of hydrogen-bond acceptors (Lipinski definition) is 3. The van der Waals surface area contributed by atoms with Crippen LogP contribution < -0.4 is 0 Å². The molecule has 2 atom stereocenters. The molecule has 0 aromatic heterocycles. The van der Waals surface area contributed by atoms with E-state index in [2.05, 4.69) is 4.90 Å². The Labute approximate surface area is 111 Å². The molecule has 0 saturated carbocycles. The van der Waals surface area contributed by atoms with Gasteiger partial charge in [-0.05, 0) is 13.0 Å². The van der Waals surface area contributed by atoms with Gasteiger partial charge in [0.15, 0.2) is 0 Å². The van der Waals surface area contributed by atoms with E-state index < -0.39 is 0 Å². The van der Waals surface area contributed by atoms with Crippen LogP contribution in [0.1, 0.15) is 12.5 Å². The van der Waals surface area contributed by atoms with Crippen molar-refractivity contribution in [2.24, 2.45) is 0 Å². The van der Waals surface area contributed by atoms with Crippen LogP contribution in [0.3, 0.4) is 0 Å². The number of rotatable bonds is 3. The average molecular weight is 274 g/mol. The fourth-order valence-electron chi connectivity index (χ4n) is 2.10.